The van der Waals surface area contributed by atoms with Gasteiger partial charge in [-0.2, -0.15) is 5.10 Å². The van der Waals surface area contributed by atoms with Gasteiger partial charge in [0.2, 0.25) is 0 Å². The molecule has 0 bridgehead atoms. The summed E-state index contributed by atoms with van der Waals surface area (Å²) in [5.74, 6) is 0.922. The number of nitrogens with one attached hydrogen (secondary N) is 2. The third-order valence-electron chi connectivity index (χ3n) is 4.08. The van der Waals surface area contributed by atoms with Gasteiger partial charge in [0.25, 0.3) is 0 Å². The Labute approximate surface area is 170 Å². The smallest absolute Gasteiger partial charge is 0.191 e. The molecule has 0 radical (unpaired) electrons. The second kappa shape index (κ2) is 14.4. The Morgan fingerprint density at radius 1 is 1.16 bits per heavy atom. The lowest BCUT2D eigenvalue weighted by molar-refractivity contribution is 0.300. The Bertz CT molecular complexity index is 482. The second-order valence-corrected chi connectivity index (χ2v) is 6.07. The minimum Gasteiger partial charge on any atom is -0.357 e. The number of aliphatic imine (C=N–C) groups is 1. The Hall–Kier alpha value is -0.830. The first kappa shape index (κ1) is 24.2. The van der Waals surface area contributed by atoms with E-state index in [1.54, 1.807) is 0 Å². The van der Waals surface area contributed by atoms with Crippen LogP contribution in [-0.2, 0) is 6.54 Å². The van der Waals surface area contributed by atoms with Crippen LogP contribution in [-0.4, -0.2) is 59.9 Å². The highest BCUT2D eigenvalue weighted by Gasteiger charge is 2.02. The van der Waals surface area contributed by atoms with Crippen LogP contribution < -0.4 is 10.6 Å². The summed E-state index contributed by atoms with van der Waals surface area (Å²) < 4.78 is 2.06. The van der Waals surface area contributed by atoms with Gasteiger partial charge in [-0.25, -0.2) is 0 Å². The van der Waals surface area contributed by atoms with E-state index in [-0.39, 0.29) is 24.0 Å². The lowest BCUT2D eigenvalue weighted by atomic mass is 10.3. The maximum Gasteiger partial charge on any atom is 0.191 e. The van der Waals surface area contributed by atoms with Crippen molar-refractivity contribution in [3.05, 3.63) is 17.5 Å². The van der Waals surface area contributed by atoms with Crippen LogP contribution in [0.2, 0.25) is 0 Å². The van der Waals surface area contributed by atoms with Crippen molar-refractivity contribution in [2.45, 2.75) is 54.0 Å². The Morgan fingerprint density at radius 2 is 1.88 bits per heavy atom. The normalized spacial score (nSPS) is 11.5. The number of hydrogen-bond acceptors (Lipinski definition) is 3. The second-order valence-electron chi connectivity index (χ2n) is 6.07. The Morgan fingerprint density at radius 3 is 2.44 bits per heavy atom. The summed E-state index contributed by atoms with van der Waals surface area (Å²) in [5, 5.41) is 11.2. The highest BCUT2D eigenvalue weighted by Crippen LogP contribution is 2.02. The molecule has 1 aromatic rings. The maximum atomic E-state index is 4.66. The highest BCUT2D eigenvalue weighted by molar-refractivity contribution is 14.0. The van der Waals surface area contributed by atoms with Gasteiger partial charge in [-0.05, 0) is 59.3 Å². The van der Waals surface area contributed by atoms with E-state index < -0.39 is 0 Å². The van der Waals surface area contributed by atoms with E-state index in [0.717, 1.165) is 70.3 Å². The third kappa shape index (κ3) is 10.0. The fourth-order valence-electron chi connectivity index (χ4n) is 2.70. The average Bonchev–Trinajstić information content (AvgIpc) is 2.89. The molecular weight excluding hydrogens is 427 g/mol. The summed E-state index contributed by atoms with van der Waals surface area (Å²) in [4.78, 5) is 7.11. The number of aryl methyl sites for hydroxylation is 3. The molecule has 0 aromatic carbocycles. The zero-order valence-electron chi connectivity index (χ0n) is 16.6. The predicted octanol–water partition coefficient (Wildman–Crippen LogP) is 2.80. The van der Waals surface area contributed by atoms with Gasteiger partial charge < -0.3 is 15.5 Å². The summed E-state index contributed by atoms with van der Waals surface area (Å²) in [6.45, 7) is 17.6. The molecule has 0 saturated carbocycles. The van der Waals surface area contributed by atoms with Crippen LogP contribution in [0.25, 0.3) is 0 Å². The molecule has 0 aliphatic carbocycles. The van der Waals surface area contributed by atoms with Crippen LogP contribution in [0.3, 0.4) is 0 Å². The number of halogens is 1. The van der Waals surface area contributed by atoms with Crippen LogP contribution in [0, 0.1) is 13.8 Å². The number of nitrogens with zero attached hydrogens (tertiary/aromatic N) is 4. The van der Waals surface area contributed by atoms with Crippen molar-refractivity contribution in [1.29, 1.82) is 0 Å². The minimum absolute atomic E-state index is 0. The van der Waals surface area contributed by atoms with Crippen LogP contribution in [0.1, 0.15) is 45.0 Å². The molecule has 0 fully saturated rings. The summed E-state index contributed by atoms with van der Waals surface area (Å²) >= 11 is 0. The van der Waals surface area contributed by atoms with Gasteiger partial charge in [-0.3, -0.25) is 9.67 Å². The molecule has 6 nitrogen and oxygen atoms in total. The fourth-order valence-corrected chi connectivity index (χ4v) is 2.70. The van der Waals surface area contributed by atoms with Gasteiger partial charge >= 0.3 is 0 Å². The van der Waals surface area contributed by atoms with Crippen molar-refractivity contribution in [1.82, 2.24) is 25.3 Å². The molecule has 2 N–H and O–H groups in total. The van der Waals surface area contributed by atoms with Crippen molar-refractivity contribution < 1.29 is 0 Å². The molecule has 0 saturated heterocycles. The molecule has 0 unspecified atom stereocenters. The first-order valence-corrected chi connectivity index (χ1v) is 9.36. The van der Waals surface area contributed by atoms with Crippen LogP contribution in [0.5, 0.6) is 0 Å². The average molecular weight is 464 g/mol. The zero-order chi connectivity index (χ0) is 17.8. The molecule has 146 valence electrons. The van der Waals surface area contributed by atoms with Crippen LogP contribution >= 0.6 is 24.0 Å². The van der Waals surface area contributed by atoms with Crippen LogP contribution in [0.4, 0.5) is 0 Å². The van der Waals surface area contributed by atoms with Crippen molar-refractivity contribution in [2.24, 2.45) is 4.99 Å². The van der Waals surface area contributed by atoms with E-state index in [9.17, 15) is 0 Å². The number of aromatic nitrogens is 2. The molecule has 0 amide bonds. The van der Waals surface area contributed by atoms with Crippen molar-refractivity contribution in [3.63, 3.8) is 0 Å². The van der Waals surface area contributed by atoms with Gasteiger partial charge in [0.15, 0.2) is 5.96 Å². The summed E-state index contributed by atoms with van der Waals surface area (Å²) in [5.41, 5.74) is 2.30. The Balaban J connectivity index is 0.00000576. The largest absolute Gasteiger partial charge is 0.357 e. The van der Waals surface area contributed by atoms with E-state index in [1.165, 1.54) is 5.69 Å². The zero-order valence-corrected chi connectivity index (χ0v) is 19.0. The van der Waals surface area contributed by atoms with Gasteiger partial charge in [0.1, 0.15) is 0 Å². The van der Waals surface area contributed by atoms with Gasteiger partial charge in [0.05, 0.1) is 5.69 Å². The molecule has 0 aliphatic heterocycles. The fraction of sp³-hybridized carbons (Fsp3) is 0.778. The molecule has 1 heterocycles. The number of hydrogen-bond donors (Lipinski definition) is 2. The van der Waals surface area contributed by atoms with E-state index >= 15 is 0 Å². The monoisotopic (exact) mass is 464 g/mol. The van der Waals surface area contributed by atoms with Gasteiger partial charge in [-0.15, -0.1) is 24.0 Å². The number of rotatable bonds is 11. The molecule has 1 aromatic heterocycles. The Kier molecular flexibility index (Phi) is 13.9. The molecule has 25 heavy (non-hydrogen) atoms. The van der Waals surface area contributed by atoms with Gasteiger partial charge in [-0.1, -0.05) is 13.8 Å². The molecule has 0 aliphatic rings. The van der Waals surface area contributed by atoms with Crippen molar-refractivity contribution in [2.75, 3.05) is 39.3 Å². The summed E-state index contributed by atoms with van der Waals surface area (Å²) in [7, 11) is 0. The molecule has 0 spiro atoms. The molecule has 0 atom stereocenters. The minimum atomic E-state index is 0. The van der Waals surface area contributed by atoms with Crippen molar-refractivity contribution in [3.8, 4) is 0 Å². The molecular formula is C18H37IN6. The SMILES string of the molecule is CCNC(=NCCCn1nc(C)cc1C)NCCCN(CC)CC.I. The van der Waals surface area contributed by atoms with E-state index in [2.05, 4.69) is 64.1 Å². The van der Waals surface area contributed by atoms with Crippen molar-refractivity contribution >= 4 is 29.9 Å². The number of guanidine groups is 1. The van der Waals surface area contributed by atoms with Crippen LogP contribution in [0.15, 0.2) is 11.1 Å². The lowest BCUT2D eigenvalue weighted by Crippen LogP contribution is -2.39. The molecule has 7 heteroatoms. The topological polar surface area (TPSA) is 57.5 Å². The molecule has 1 rings (SSSR count). The van der Waals surface area contributed by atoms with E-state index in [0.29, 0.717) is 0 Å². The quantitative estimate of drug-likeness (QED) is 0.229. The maximum absolute atomic E-state index is 4.66. The highest BCUT2D eigenvalue weighted by atomic mass is 127. The standard InChI is InChI=1S/C18H36N6.HI/c1-6-19-18(20-11-9-13-23(7-2)8-3)21-12-10-14-24-17(5)15-16(4)22-24;/h15H,6-14H2,1-5H3,(H2,19,20,21);1H. The first-order valence-electron chi connectivity index (χ1n) is 9.36. The van der Waals surface area contributed by atoms with Gasteiger partial charge in [0, 0.05) is 31.9 Å². The lowest BCUT2D eigenvalue weighted by Gasteiger charge is -2.18. The van der Waals surface area contributed by atoms with E-state index in [4.69, 9.17) is 0 Å². The summed E-state index contributed by atoms with van der Waals surface area (Å²) in [6.07, 6.45) is 2.13. The predicted molar refractivity (Wildman–Crippen MR) is 118 cm³/mol. The third-order valence-corrected chi connectivity index (χ3v) is 4.08. The first-order chi connectivity index (χ1) is 11.6. The van der Waals surface area contributed by atoms with E-state index in [1.807, 2.05) is 6.92 Å². The summed E-state index contributed by atoms with van der Waals surface area (Å²) in [6, 6.07) is 2.12.